The largest absolute Gasteiger partial charge is 0.461 e. The number of rotatable bonds is 7. The standard InChI is InChI=1S/C19H29N7O2/c1-4-20-18(22-13-19(9-5-6-10-19)17(27)26(2)3)21-12-15-23-16(25-24-15)14-8-7-11-28-14/h7-8,11H,4-6,9-10,12-13H2,1-3H3,(H2,20,21,22)(H,23,24,25). The van der Waals surface area contributed by atoms with Crippen LogP contribution in [0.5, 0.6) is 0 Å². The quantitative estimate of drug-likeness (QED) is 0.493. The highest BCUT2D eigenvalue weighted by atomic mass is 16.3. The van der Waals surface area contributed by atoms with E-state index in [1.54, 1.807) is 17.2 Å². The number of amides is 1. The van der Waals surface area contributed by atoms with E-state index in [1.807, 2.05) is 27.1 Å². The highest BCUT2D eigenvalue weighted by Gasteiger charge is 2.42. The molecule has 1 aliphatic carbocycles. The van der Waals surface area contributed by atoms with Crippen molar-refractivity contribution in [2.45, 2.75) is 39.2 Å². The molecule has 1 aliphatic rings. The predicted octanol–water partition coefficient (Wildman–Crippen LogP) is 1.77. The Kier molecular flexibility index (Phi) is 6.33. The second-order valence-electron chi connectivity index (χ2n) is 7.32. The molecule has 3 N–H and O–H groups in total. The van der Waals surface area contributed by atoms with Crippen LogP contribution in [0.2, 0.25) is 0 Å². The topological polar surface area (TPSA) is 111 Å². The molecule has 0 bridgehead atoms. The fourth-order valence-corrected chi connectivity index (χ4v) is 3.62. The number of hydrogen-bond acceptors (Lipinski definition) is 5. The number of carbonyl (C=O) groups is 1. The summed E-state index contributed by atoms with van der Waals surface area (Å²) >= 11 is 0. The summed E-state index contributed by atoms with van der Waals surface area (Å²) in [7, 11) is 3.64. The van der Waals surface area contributed by atoms with Crippen molar-refractivity contribution >= 4 is 11.9 Å². The van der Waals surface area contributed by atoms with Gasteiger partial charge in [0, 0.05) is 27.2 Å². The first-order chi connectivity index (χ1) is 13.5. The van der Waals surface area contributed by atoms with Gasteiger partial charge in [-0.3, -0.25) is 9.89 Å². The Hall–Kier alpha value is -2.84. The zero-order valence-electron chi connectivity index (χ0n) is 16.8. The molecule has 1 amide bonds. The normalized spacial score (nSPS) is 16.2. The summed E-state index contributed by atoms with van der Waals surface area (Å²) in [6, 6.07) is 3.61. The van der Waals surface area contributed by atoms with Crippen molar-refractivity contribution in [3.63, 3.8) is 0 Å². The van der Waals surface area contributed by atoms with E-state index in [0.717, 1.165) is 32.2 Å². The Morgan fingerprint density at radius 1 is 1.36 bits per heavy atom. The summed E-state index contributed by atoms with van der Waals surface area (Å²) in [5, 5.41) is 13.6. The number of H-pyrrole nitrogens is 1. The second-order valence-corrected chi connectivity index (χ2v) is 7.32. The monoisotopic (exact) mass is 387 g/mol. The molecule has 1 fully saturated rings. The van der Waals surface area contributed by atoms with Gasteiger partial charge in [0.15, 0.2) is 11.7 Å². The number of guanidine groups is 1. The molecule has 0 atom stereocenters. The second kappa shape index (κ2) is 8.90. The zero-order valence-corrected chi connectivity index (χ0v) is 16.8. The van der Waals surface area contributed by atoms with Gasteiger partial charge in [-0.1, -0.05) is 12.8 Å². The van der Waals surface area contributed by atoms with Crippen LogP contribution in [0.4, 0.5) is 0 Å². The smallest absolute Gasteiger partial charge is 0.230 e. The van der Waals surface area contributed by atoms with Gasteiger partial charge in [-0.25, -0.2) is 9.98 Å². The summed E-state index contributed by atoms with van der Waals surface area (Å²) < 4.78 is 5.30. The van der Waals surface area contributed by atoms with Crippen LogP contribution in [0.25, 0.3) is 11.6 Å². The van der Waals surface area contributed by atoms with Crippen LogP contribution >= 0.6 is 0 Å². The zero-order chi connectivity index (χ0) is 20.0. The van der Waals surface area contributed by atoms with E-state index >= 15 is 0 Å². The number of nitrogens with zero attached hydrogens (tertiary/aromatic N) is 4. The van der Waals surface area contributed by atoms with E-state index < -0.39 is 0 Å². The fraction of sp³-hybridized carbons (Fsp3) is 0.579. The van der Waals surface area contributed by atoms with Gasteiger partial charge in [0.05, 0.1) is 11.7 Å². The molecule has 2 heterocycles. The number of hydrogen-bond donors (Lipinski definition) is 3. The molecule has 0 aromatic carbocycles. The maximum Gasteiger partial charge on any atom is 0.230 e. The van der Waals surface area contributed by atoms with Crippen molar-refractivity contribution < 1.29 is 9.21 Å². The van der Waals surface area contributed by atoms with Gasteiger partial charge in [-0.15, -0.1) is 5.10 Å². The number of aromatic nitrogens is 3. The van der Waals surface area contributed by atoms with Crippen molar-refractivity contribution in [2.75, 3.05) is 27.2 Å². The number of carbonyl (C=O) groups excluding carboxylic acids is 1. The minimum absolute atomic E-state index is 0.187. The third-order valence-electron chi connectivity index (χ3n) is 5.02. The first-order valence-corrected chi connectivity index (χ1v) is 9.73. The van der Waals surface area contributed by atoms with Crippen molar-refractivity contribution in [3.05, 3.63) is 24.2 Å². The first-order valence-electron chi connectivity index (χ1n) is 9.73. The summed E-state index contributed by atoms with van der Waals surface area (Å²) in [5.74, 6) is 2.61. The lowest BCUT2D eigenvalue weighted by Gasteiger charge is -2.31. The first kappa shape index (κ1) is 19.9. The van der Waals surface area contributed by atoms with E-state index in [0.29, 0.717) is 36.5 Å². The summed E-state index contributed by atoms with van der Waals surface area (Å²) in [4.78, 5) is 23.4. The maximum atomic E-state index is 12.7. The lowest BCUT2D eigenvalue weighted by molar-refractivity contribution is -0.138. The SMILES string of the molecule is CCNC(=NCc1nc(-c2ccco2)n[nH]1)NCC1(C(=O)N(C)C)CCCC1. The average molecular weight is 387 g/mol. The van der Waals surface area contributed by atoms with Crippen molar-refractivity contribution in [3.8, 4) is 11.6 Å². The maximum absolute atomic E-state index is 12.7. The van der Waals surface area contributed by atoms with Gasteiger partial charge in [0.2, 0.25) is 11.7 Å². The number of aromatic amines is 1. The van der Waals surface area contributed by atoms with Crippen LogP contribution in [-0.4, -0.2) is 59.1 Å². The molecule has 2 aromatic heterocycles. The van der Waals surface area contributed by atoms with E-state index in [1.165, 1.54) is 0 Å². The summed E-state index contributed by atoms with van der Waals surface area (Å²) in [6.45, 7) is 3.66. The molecule has 0 aliphatic heterocycles. The van der Waals surface area contributed by atoms with Gasteiger partial charge in [-0.05, 0) is 31.9 Å². The van der Waals surface area contributed by atoms with E-state index in [2.05, 4.69) is 30.8 Å². The molecule has 1 saturated carbocycles. The molecular weight excluding hydrogens is 358 g/mol. The van der Waals surface area contributed by atoms with Gasteiger partial charge in [0.1, 0.15) is 12.4 Å². The third-order valence-corrected chi connectivity index (χ3v) is 5.02. The van der Waals surface area contributed by atoms with Crippen molar-refractivity contribution in [1.82, 2.24) is 30.7 Å². The molecule has 3 rings (SSSR count). The average Bonchev–Trinajstić information content (AvgIpc) is 3.45. The summed E-state index contributed by atoms with van der Waals surface area (Å²) in [5.41, 5.74) is -0.349. The van der Waals surface area contributed by atoms with Crippen LogP contribution < -0.4 is 10.6 Å². The summed E-state index contributed by atoms with van der Waals surface area (Å²) in [6.07, 6.45) is 5.58. The minimum atomic E-state index is -0.349. The van der Waals surface area contributed by atoms with Gasteiger partial charge < -0.3 is 20.0 Å². The Morgan fingerprint density at radius 3 is 2.79 bits per heavy atom. The van der Waals surface area contributed by atoms with E-state index in [-0.39, 0.29) is 11.3 Å². The van der Waals surface area contributed by atoms with E-state index in [9.17, 15) is 4.79 Å². The van der Waals surface area contributed by atoms with Gasteiger partial charge >= 0.3 is 0 Å². The molecule has 0 spiro atoms. The van der Waals surface area contributed by atoms with Crippen LogP contribution in [0, 0.1) is 5.41 Å². The Morgan fingerprint density at radius 2 is 2.14 bits per heavy atom. The molecule has 152 valence electrons. The van der Waals surface area contributed by atoms with E-state index in [4.69, 9.17) is 4.42 Å². The molecule has 9 heteroatoms. The Bertz CT molecular complexity index is 789. The van der Waals surface area contributed by atoms with Gasteiger partial charge in [-0.2, -0.15) is 0 Å². The molecule has 2 aromatic rings. The lowest BCUT2D eigenvalue weighted by Crippen LogP contribution is -2.49. The molecular formula is C19H29N7O2. The lowest BCUT2D eigenvalue weighted by atomic mass is 9.84. The Labute approximate surface area is 165 Å². The van der Waals surface area contributed by atoms with Gasteiger partial charge in [0.25, 0.3) is 0 Å². The number of nitrogens with one attached hydrogen (secondary N) is 3. The number of furan rings is 1. The highest BCUT2D eigenvalue weighted by Crippen LogP contribution is 2.38. The third kappa shape index (κ3) is 4.52. The van der Waals surface area contributed by atoms with Crippen molar-refractivity contribution in [2.24, 2.45) is 10.4 Å². The molecule has 0 saturated heterocycles. The highest BCUT2D eigenvalue weighted by molar-refractivity contribution is 5.85. The minimum Gasteiger partial charge on any atom is -0.461 e. The van der Waals surface area contributed by atoms with Crippen LogP contribution in [0.15, 0.2) is 27.8 Å². The predicted molar refractivity (Wildman–Crippen MR) is 106 cm³/mol. The Balaban J connectivity index is 1.65. The molecule has 9 nitrogen and oxygen atoms in total. The van der Waals surface area contributed by atoms with Crippen LogP contribution in [0.1, 0.15) is 38.4 Å². The number of aliphatic imine (C=N–C) groups is 1. The molecule has 0 radical (unpaired) electrons. The molecule has 0 unspecified atom stereocenters. The molecule has 28 heavy (non-hydrogen) atoms. The van der Waals surface area contributed by atoms with Crippen molar-refractivity contribution in [1.29, 1.82) is 0 Å². The fourth-order valence-electron chi connectivity index (χ4n) is 3.62. The van der Waals surface area contributed by atoms with Crippen LogP contribution in [0.3, 0.4) is 0 Å². The van der Waals surface area contributed by atoms with Crippen LogP contribution in [-0.2, 0) is 11.3 Å².